The third-order valence-corrected chi connectivity index (χ3v) is 4.74. The topological polar surface area (TPSA) is 58.6 Å². The number of hydrogen-bond donors (Lipinski definition) is 1. The van der Waals surface area contributed by atoms with E-state index in [4.69, 9.17) is 4.74 Å². The van der Waals surface area contributed by atoms with Crippen molar-refractivity contribution in [2.24, 2.45) is 0 Å². The van der Waals surface area contributed by atoms with Crippen LogP contribution in [0.1, 0.15) is 20.8 Å². The largest absolute Gasteiger partial charge is 0.381 e. The summed E-state index contributed by atoms with van der Waals surface area (Å²) in [7, 11) is -1.66. The first kappa shape index (κ1) is 17.1. The number of sulfonamides is 1. The van der Waals surface area contributed by atoms with Crippen molar-refractivity contribution in [2.75, 3.05) is 26.0 Å². The van der Waals surface area contributed by atoms with Gasteiger partial charge in [-0.2, -0.15) is 4.31 Å². The second kappa shape index (κ2) is 6.89. The fourth-order valence-electron chi connectivity index (χ4n) is 1.97. The maximum absolute atomic E-state index is 12.1. The molecule has 5 nitrogen and oxygen atoms in total. The van der Waals surface area contributed by atoms with Crippen LogP contribution < -0.4 is 5.32 Å². The van der Waals surface area contributed by atoms with Gasteiger partial charge in [0.1, 0.15) is 0 Å². The Morgan fingerprint density at radius 3 is 2.24 bits per heavy atom. The van der Waals surface area contributed by atoms with Crippen molar-refractivity contribution in [3.8, 4) is 0 Å². The molecule has 0 amide bonds. The molecule has 0 saturated carbocycles. The Balaban J connectivity index is 0.00000256. The van der Waals surface area contributed by atoms with E-state index in [1.165, 1.54) is 7.11 Å². The van der Waals surface area contributed by atoms with E-state index >= 15 is 0 Å². The lowest BCUT2D eigenvalue weighted by molar-refractivity contribution is 0.134. The second-order valence-corrected chi connectivity index (χ2v) is 6.62. The molecular formula is C10H23ClN2O3S. The predicted molar refractivity (Wildman–Crippen MR) is 71.1 cm³/mol. The zero-order valence-corrected chi connectivity index (χ0v) is 12.5. The molecule has 0 aromatic heterocycles. The predicted octanol–water partition coefficient (Wildman–Crippen LogP) is 0.455. The van der Waals surface area contributed by atoms with Crippen LogP contribution in [0.3, 0.4) is 0 Å². The minimum absolute atomic E-state index is 0. The smallest absolute Gasteiger partial charge is 0.216 e. The van der Waals surface area contributed by atoms with Gasteiger partial charge in [0, 0.05) is 32.3 Å². The van der Waals surface area contributed by atoms with E-state index in [0.717, 1.165) is 0 Å². The number of methoxy groups -OCH3 is 1. The van der Waals surface area contributed by atoms with Crippen molar-refractivity contribution in [1.29, 1.82) is 0 Å². The molecule has 3 atom stereocenters. The monoisotopic (exact) mass is 286 g/mol. The maximum atomic E-state index is 12.1. The van der Waals surface area contributed by atoms with Crippen LogP contribution in [0.2, 0.25) is 0 Å². The van der Waals surface area contributed by atoms with E-state index in [-0.39, 0.29) is 36.3 Å². The first-order valence-corrected chi connectivity index (χ1v) is 7.22. The summed E-state index contributed by atoms with van der Waals surface area (Å²) in [5.41, 5.74) is 0. The molecule has 0 aliphatic carbocycles. The van der Waals surface area contributed by atoms with Crippen molar-refractivity contribution in [3.05, 3.63) is 0 Å². The number of halogens is 1. The van der Waals surface area contributed by atoms with Crippen LogP contribution in [0.25, 0.3) is 0 Å². The molecule has 104 valence electrons. The van der Waals surface area contributed by atoms with Crippen molar-refractivity contribution in [3.63, 3.8) is 0 Å². The Kier molecular flexibility index (Phi) is 6.94. The summed E-state index contributed by atoms with van der Waals surface area (Å²) in [5.74, 6) is 0.0585. The minimum atomic E-state index is -3.19. The average Bonchev–Trinajstić information content (AvgIpc) is 2.15. The van der Waals surface area contributed by atoms with Crippen LogP contribution in [-0.2, 0) is 14.8 Å². The van der Waals surface area contributed by atoms with Gasteiger partial charge in [-0.3, -0.25) is 0 Å². The lowest BCUT2D eigenvalue weighted by Gasteiger charge is -2.35. The number of nitrogens with one attached hydrogen (secondary N) is 1. The van der Waals surface area contributed by atoms with Gasteiger partial charge in [-0.1, -0.05) is 0 Å². The summed E-state index contributed by atoms with van der Waals surface area (Å²) < 4.78 is 30.7. The van der Waals surface area contributed by atoms with Crippen LogP contribution in [0.15, 0.2) is 0 Å². The zero-order valence-electron chi connectivity index (χ0n) is 10.8. The SMILES string of the molecule is COC(C)CS(=O)(=O)N1CC(C)NC(C)C1.Cl. The molecule has 17 heavy (non-hydrogen) atoms. The fourth-order valence-corrected chi connectivity index (χ4v) is 3.82. The summed E-state index contributed by atoms with van der Waals surface area (Å²) in [6, 6.07) is 0.410. The summed E-state index contributed by atoms with van der Waals surface area (Å²) in [6.45, 7) is 6.86. The van der Waals surface area contributed by atoms with Crippen molar-refractivity contribution in [1.82, 2.24) is 9.62 Å². The molecule has 0 spiro atoms. The van der Waals surface area contributed by atoms with Gasteiger partial charge in [0.2, 0.25) is 10.0 Å². The normalized spacial score (nSPS) is 28.5. The van der Waals surface area contributed by atoms with Crippen LogP contribution in [0.5, 0.6) is 0 Å². The van der Waals surface area contributed by atoms with Gasteiger partial charge in [-0.15, -0.1) is 12.4 Å². The lowest BCUT2D eigenvalue weighted by atomic mass is 10.2. The van der Waals surface area contributed by atoms with Crippen molar-refractivity contribution >= 4 is 22.4 Å². The van der Waals surface area contributed by atoms with Gasteiger partial charge < -0.3 is 10.1 Å². The number of piperazine rings is 1. The van der Waals surface area contributed by atoms with Gasteiger partial charge >= 0.3 is 0 Å². The van der Waals surface area contributed by atoms with Gasteiger partial charge in [-0.05, 0) is 20.8 Å². The average molecular weight is 287 g/mol. The molecule has 1 aliphatic heterocycles. The standard InChI is InChI=1S/C10H22N2O3S.ClH/c1-8-5-12(6-9(2)11-8)16(13,14)7-10(3)15-4;/h8-11H,5-7H2,1-4H3;1H. The van der Waals surface area contributed by atoms with Crippen LogP contribution in [0.4, 0.5) is 0 Å². The van der Waals surface area contributed by atoms with E-state index in [9.17, 15) is 8.42 Å². The first-order valence-electron chi connectivity index (χ1n) is 5.62. The number of rotatable bonds is 4. The Hall–Kier alpha value is 0.120. The summed E-state index contributed by atoms with van der Waals surface area (Å²) in [6.07, 6.45) is -0.259. The minimum Gasteiger partial charge on any atom is -0.381 e. The number of nitrogens with zero attached hydrogens (tertiary/aromatic N) is 1. The molecule has 0 aromatic rings. The second-order valence-electron chi connectivity index (χ2n) is 4.61. The molecule has 1 heterocycles. The van der Waals surface area contributed by atoms with Crippen molar-refractivity contribution < 1.29 is 13.2 Å². The van der Waals surface area contributed by atoms with E-state index < -0.39 is 10.0 Å². The Morgan fingerprint density at radius 2 is 1.82 bits per heavy atom. The highest BCUT2D eigenvalue weighted by Gasteiger charge is 2.30. The zero-order chi connectivity index (χ0) is 12.3. The van der Waals surface area contributed by atoms with E-state index in [0.29, 0.717) is 13.1 Å². The summed E-state index contributed by atoms with van der Waals surface area (Å²) in [5, 5.41) is 3.31. The first-order chi connectivity index (χ1) is 7.35. The van der Waals surface area contributed by atoms with E-state index in [1.807, 2.05) is 13.8 Å². The lowest BCUT2D eigenvalue weighted by Crippen LogP contribution is -2.56. The Morgan fingerprint density at radius 1 is 1.35 bits per heavy atom. The molecule has 1 fully saturated rings. The third kappa shape index (κ3) is 5.09. The third-order valence-electron chi connectivity index (χ3n) is 2.77. The quantitative estimate of drug-likeness (QED) is 0.815. The molecule has 1 saturated heterocycles. The van der Waals surface area contributed by atoms with Gasteiger partial charge in [-0.25, -0.2) is 8.42 Å². The highest BCUT2D eigenvalue weighted by atomic mass is 35.5. The number of hydrogen-bond acceptors (Lipinski definition) is 4. The van der Waals surface area contributed by atoms with Crippen LogP contribution in [-0.4, -0.2) is 56.9 Å². The highest BCUT2D eigenvalue weighted by molar-refractivity contribution is 7.89. The van der Waals surface area contributed by atoms with Gasteiger partial charge in [0.15, 0.2) is 0 Å². The molecule has 7 heteroatoms. The Labute approximate surface area is 110 Å². The van der Waals surface area contributed by atoms with E-state index in [1.54, 1.807) is 11.2 Å². The summed E-state index contributed by atoms with van der Waals surface area (Å²) >= 11 is 0. The van der Waals surface area contributed by atoms with Gasteiger partial charge in [0.25, 0.3) is 0 Å². The highest BCUT2D eigenvalue weighted by Crippen LogP contribution is 2.11. The fraction of sp³-hybridized carbons (Fsp3) is 1.00. The summed E-state index contributed by atoms with van der Waals surface area (Å²) in [4.78, 5) is 0. The van der Waals surface area contributed by atoms with Crippen LogP contribution in [0, 0.1) is 0 Å². The van der Waals surface area contributed by atoms with Crippen LogP contribution >= 0.6 is 12.4 Å². The molecule has 3 unspecified atom stereocenters. The molecule has 0 bridgehead atoms. The maximum Gasteiger partial charge on any atom is 0.216 e. The number of ether oxygens (including phenoxy) is 1. The molecule has 0 radical (unpaired) electrons. The molecular weight excluding hydrogens is 264 g/mol. The van der Waals surface area contributed by atoms with E-state index in [2.05, 4.69) is 5.32 Å². The molecule has 1 aliphatic rings. The Bertz CT molecular complexity index is 314. The molecule has 0 aromatic carbocycles. The van der Waals surface area contributed by atoms with Gasteiger partial charge in [0.05, 0.1) is 11.9 Å². The van der Waals surface area contributed by atoms with Crippen molar-refractivity contribution in [2.45, 2.75) is 39.0 Å². The molecule has 1 N–H and O–H groups in total. The molecule has 1 rings (SSSR count).